The first-order chi connectivity index (χ1) is 28.5. The van der Waals surface area contributed by atoms with Gasteiger partial charge < -0.3 is 24.1 Å². The summed E-state index contributed by atoms with van der Waals surface area (Å²) in [5.74, 6) is 1.09. The van der Waals surface area contributed by atoms with Crippen molar-refractivity contribution in [2.75, 3.05) is 57.4 Å². The summed E-state index contributed by atoms with van der Waals surface area (Å²) in [6.07, 6.45) is 13.3. The first-order valence-electron chi connectivity index (χ1n) is 20.7. The molecule has 2 saturated heterocycles. The predicted octanol–water partition coefficient (Wildman–Crippen LogP) is 9.46. The number of allylic oxidation sites excluding steroid dienone is 3. The lowest BCUT2D eigenvalue weighted by atomic mass is 9.61. The molecule has 2 aliphatic heterocycles. The maximum Gasteiger partial charge on any atom is 0.312 e. The second kappa shape index (κ2) is 16.5. The van der Waals surface area contributed by atoms with Crippen LogP contribution in [-0.4, -0.2) is 83.6 Å². The summed E-state index contributed by atoms with van der Waals surface area (Å²) < 4.78 is 20.6. The van der Waals surface area contributed by atoms with Crippen LogP contribution >= 0.6 is 23.5 Å². The maximum absolute atomic E-state index is 13.8. The number of hydrogen-bond donors (Lipinski definition) is 2. The number of aromatic amines is 1. The monoisotopic (exact) mass is 838 g/mol. The SMILES string of the molecule is CC1(C)CCC(CN2CCN(c3ccc(C(=O)NSc4ccc(OCC5CC6(COC6)C5)c([N+](=O)[O-])c4)c(Oc4cnc5[nH]ccc5c4)c3)CC2)=C(C2=CCC(Cl)C2)C1. The summed E-state index contributed by atoms with van der Waals surface area (Å²) in [6, 6.07) is 14.3. The molecule has 4 aromatic rings. The van der Waals surface area contributed by atoms with Crippen LogP contribution in [0.1, 0.15) is 69.2 Å². The molecule has 9 rings (SSSR count). The van der Waals surface area contributed by atoms with Crippen molar-refractivity contribution in [2.45, 2.75) is 69.1 Å². The molecule has 1 saturated carbocycles. The Hall–Kier alpha value is -4.56. The number of pyridine rings is 1. The van der Waals surface area contributed by atoms with E-state index in [0.29, 0.717) is 45.3 Å². The molecule has 2 aromatic carbocycles. The molecule has 12 nitrogen and oxygen atoms in total. The second-order valence-corrected chi connectivity index (χ2v) is 19.3. The van der Waals surface area contributed by atoms with Gasteiger partial charge in [-0.25, -0.2) is 4.98 Å². The average Bonchev–Trinajstić information content (AvgIpc) is 3.85. The number of nitro benzene ring substituents is 1. The molecule has 310 valence electrons. The molecule has 1 spiro atoms. The van der Waals surface area contributed by atoms with E-state index in [2.05, 4.69) is 44.4 Å². The number of nitrogens with zero attached hydrogens (tertiary/aromatic N) is 4. The molecule has 3 aliphatic carbocycles. The minimum atomic E-state index is -0.446. The summed E-state index contributed by atoms with van der Waals surface area (Å²) >= 11 is 7.56. The second-order valence-electron chi connectivity index (χ2n) is 17.8. The lowest BCUT2D eigenvalue weighted by Crippen LogP contribution is -2.53. The van der Waals surface area contributed by atoms with Gasteiger partial charge in [-0.15, -0.1) is 11.6 Å². The van der Waals surface area contributed by atoms with Gasteiger partial charge in [-0.3, -0.25) is 24.5 Å². The highest BCUT2D eigenvalue weighted by atomic mass is 35.5. The van der Waals surface area contributed by atoms with Gasteiger partial charge in [0.1, 0.15) is 17.1 Å². The lowest BCUT2D eigenvalue weighted by Gasteiger charge is -2.53. The standard InChI is InChI=1S/C45H51ClN6O6S/c1-44(2)11-9-32(38(23-44)30-3-4-33(46)17-30)25-50-13-15-51(16-14-50)34-5-7-37(41(19-34)58-35-18-31-10-12-47-42(31)48-24-35)43(53)49-59-36-6-8-40(39(20-36)52(54)55)57-26-29-21-45(22-29)27-56-28-45/h3,5-8,10,12,18-20,24,29,33H,4,9,11,13-17,21-23,25-28H2,1-2H3,(H,47,48)(H,49,53). The van der Waals surface area contributed by atoms with Crippen molar-refractivity contribution in [3.63, 3.8) is 0 Å². The number of piperazine rings is 1. The molecule has 1 amide bonds. The molecule has 2 aromatic heterocycles. The number of amides is 1. The molecule has 2 N–H and O–H groups in total. The molecular formula is C45H51ClN6O6S. The Morgan fingerprint density at radius 2 is 1.93 bits per heavy atom. The van der Waals surface area contributed by atoms with Crippen molar-refractivity contribution in [3.05, 3.63) is 99.4 Å². The Morgan fingerprint density at radius 1 is 1.10 bits per heavy atom. The quantitative estimate of drug-likeness (QED) is 0.0580. The van der Waals surface area contributed by atoms with Crippen LogP contribution in [0.15, 0.2) is 88.6 Å². The van der Waals surface area contributed by atoms with Gasteiger partial charge in [0.2, 0.25) is 0 Å². The maximum atomic E-state index is 13.8. The Morgan fingerprint density at radius 3 is 2.68 bits per heavy atom. The Labute approximate surface area is 354 Å². The van der Waals surface area contributed by atoms with Crippen LogP contribution in [0.5, 0.6) is 17.2 Å². The fourth-order valence-corrected chi connectivity index (χ4v) is 10.3. The number of fused-ring (bicyclic) bond motifs is 1. The first kappa shape index (κ1) is 39.9. The van der Waals surface area contributed by atoms with Gasteiger partial charge in [0, 0.05) is 77.8 Å². The van der Waals surface area contributed by atoms with Crippen molar-refractivity contribution in [3.8, 4) is 17.2 Å². The van der Waals surface area contributed by atoms with Crippen LogP contribution in [-0.2, 0) is 4.74 Å². The van der Waals surface area contributed by atoms with Gasteiger partial charge >= 0.3 is 5.69 Å². The predicted molar refractivity (Wildman–Crippen MR) is 231 cm³/mol. The smallest absolute Gasteiger partial charge is 0.312 e. The zero-order valence-corrected chi connectivity index (χ0v) is 35.2. The van der Waals surface area contributed by atoms with Gasteiger partial charge in [-0.2, -0.15) is 0 Å². The van der Waals surface area contributed by atoms with Crippen LogP contribution in [0.4, 0.5) is 11.4 Å². The van der Waals surface area contributed by atoms with E-state index < -0.39 is 10.8 Å². The van der Waals surface area contributed by atoms with Gasteiger partial charge in [0.25, 0.3) is 5.91 Å². The molecule has 3 fully saturated rings. The third-order valence-electron chi connectivity index (χ3n) is 12.7. The summed E-state index contributed by atoms with van der Waals surface area (Å²) in [6.45, 7) is 11.3. The van der Waals surface area contributed by atoms with Crippen LogP contribution < -0.4 is 19.1 Å². The molecule has 59 heavy (non-hydrogen) atoms. The summed E-state index contributed by atoms with van der Waals surface area (Å²) in [4.78, 5) is 38.5. The highest BCUT2D eigenvalue weighted by molar-refractivity contribution is 7.98. The zero-order valence-electron chi connectivity index (χ0n) is 33.6. The topological polar surface area (TPSA) is 135 Å². The third-order valence-corrected chi connectivity index (χ3v) is 13.8. The molecule has 5 aliphatic rings. The number of nitro groups is 1. The van der Waals surface area contributed by atoms with E-state index >= 15 is 0 Å². The number of benzene rings is 2. The fourth-order valence-electron chi connectivity index (χ4n) is 9.39. The number of hydrogen-bond acceptors (Lipinski definition) is 10. The van der Waals surface area contributed by atoms with Crippen molar-refractivity contribution in [1.29, 1.82) is 0 Å². The normalized spacial score (nSPS) is 21.6. The van der Waals surface area contributed by atoms with Crippen molar-refractivity contribution < 1.29 is 23.9 Å². The zero-order chi connectivity index (χ0) is 40.7. The highest BCUT2D eigenvalue weighted by Crippen LogP contribution is 2.51. The number of carbonyl (C=O) groups is 1. The minimum absolute atomic E-state index is 0.137. The number of aromatic nitrogens is 2. The molecule has 4 heterocycles. The van der Waals surface area contributed by atoms with Crippen LogP contribution in [0, 0.1) is 26.9 Å². The van der Waals surface area contributed by atoms with Crippen molar-refractivity contribution in [2.24, 2.45) is 16.7 Å². The van der Waals surface area contributed by atoms with Crippen molar-refractivity contribution in [1.82, 2.24) is 19.6 Å². The highest BCUT2D eigenvalue weighted by Gasteiger charge is 2.50. The molecule has 0 bridgehead atoms. The van der Waals surface area contributed by atoms with Gasteiger partial charge in [-0.1, -0.05) is 25.5 Å². The number of rotatable bonds is 13. The van der Waals surface area contributed by atoms with Crippen LogP contribution in [0.2, 0.25) is 0 Å². The van der Waals surface area contributed by atoms with E-state index in [1.54, 1.807) is 35.5 Å². The van der Waals surface area contributed by atoms with E-state index in [4.69, 9.17) is 25.8 Å². The number of H-pyrrole nitrogens is 1. The summed E-state index contributed by atoms with van der Waals surface area (Å²) in [5.41, 5.74) is 7.10. The van der Waals surface area contributed by atoms with Gasteiger partial charge in [-0.05, 0) is 116 Å². The molecule has 1 atom stereocenters. The van der Waals surface area contributed by atoms with E-state index in [1.807, 2.05) is 30.5 Å². The number of carbonyl (C=O) groups excluding carboxylic acids is 1. The largest absolute Gasteiger partial charge is 0.487 e. The lowest BCUT2D eigenvalue weighted by molar-refractivity contribution is -0.386. The van der Waals surface area contributed by atoms with E-state index in [0.717, 1.165) is 113 Å². The number of alkyl halides is 1. The van der Waals surface area contributed by atoms with Crippen molar-refractivity contribution >= 4 is 51.9 Å². The summed E-state index contributed by atoms with van der Waals surface area (Å²) in [7, 11) is 0. The van der Waals surface area contributed by atoms with E-state index in [-0.39, 0.29) is 16.8 Å². The minimum Gasteiger partial charge on any atom is -0.487 e. The number of anilines is 1. The van der Waals surface area contributed by atoms with Crippen LogP contribution in [0.3, 0.4) is 0 Å². The Kier molecular flexibility index (Phi) is 11.1. The summed E-state index contributed by atoms with van der Waals surface area (Å²) in [5, 5.41) is 13.1. The Balaban J connectivity index is 0.879. The number of halogens is 1. The van der Waals surface area contributed by atoms with E-state index in [9.17, 15) is 14.9 Å². The first-order valence-corrected chi connectivity index (χ1v) is 22.0. The molecule has 0 radical (unpaired) electrons. The molecular weight excluding hydrogens is 788 g/mol. The molecule has 14 heteroatoms. The fraction of sp³-hybridized carbons (Fsp3) is 0.467. The van der Waals surface area contributed by atoms with E-state index in [1.165, 1.54) is 18.1 Å². The van der Waals surface area contributed by atoms with Gasteiger partial charge in [0.05, 0.1) is 36.5 Å². The molecule has 1 unspecified atom stereocenters. The number of ether oxygens (including phenoxy) is 3. The Bertz CT molecular complexity index is 2310. The third kappa shape index (κ3) is 8.85. The average molecular weight is 839 g/mol. The number of nitrogens with one attached hydrogen (secondary N) is 2. The van der Waals surface area contributed by atoms with Gasteiger partial charge in [0.15, 0.2) is 5.75 Å². The van der Waals surface area contributed by atoms with Crippen LogP contribution in [0.25, 0.3) is 11.0 Å².